The van der Waals surface area contributed by atoms with Crippen LogP contribution in [0.1, 0.15) is 24.2 Å². The SMILES string of the molecule is CC(C)N1CCN(C(=O)c2cn(CC(F)(F)F)c3cc(Br)ccc23)CC1. The Bertz CT molecular complexity index is 808. The molecule has 0 bridgehead atoms. The molecule has 8 heteroatoms. The molecule has 26 heavy (non-hydrogen) atoms. The minimum absolute atomic E-state index is 0.207. The molecule has 1 aliphatic rings. The van der Waals surface area contributed by atoms with Gasteiger partial charge in [-0.3, -0.25) is 9.69 Å². The van der Waals surface area contributed by atoms with Crippen LogP contribution in [0.3, 0.4) is 0 Å². The van der Waals surface area contributed by atoms with Crippen molar-refractivity contribution < 1.29 is 18.0 Å². The Hall–Kier alpha value is -1.54. The van der Waals surface area contributed by atoms with Crippen LogP contribution in [0.5, 0.6) is 0 Å². The topological polar surface area (TPSA) is 28.5 Å². The zero-order valence-electron chi connectivity index (χ0n) is 14.7. The summed E-state index contributed by atoms with van der Waals surface area (Å²) in [6.45, 7) is 5.82. The van der Waals surface area contributed by atoms with E-state index in [9.17, 15) is 18.0 Å². The van der Waals surface area contributed by atoms with Gasteiger partial charge in [-0.25, -0.2) is 0 Å². The molecule has 0 spiro atoms. The summed E-state index contributed by atoms with van der Waals surface area (Å²) in [5.74, 6) is -0.207. The summed E-state index contributed by atoms with van der Waals surface area (Å²) in [7, 11) is 0. The predicted octanol–water partition coefficient (Wildman–Crippen LogP) is 4.13. The van der Waals surface area contributed by atoms with Crippen LogP contribution in [0.4, 0.5) is 13.2 Å². The Labute approximate surface area is 158 Å². The van der Waals surface area contributed by atoms with Crippen molar-refractivity contribution in [1.82, 2.24) is 14.4 Å². The van der Waals surface area contributed by atoms with Gasteiger partial charge in [0, 0.05) is 48.3 Å². The molecule has 1 fully saturated rings. The molecule has 1 aromatic heterocycles. The van der Waals surface area contributed by atoms with Gasteiger partial charge in [0.05, 0.1) is 11.1 Å². The van der Waals surface area contributed by atoms with E-state index < -0.39 is 12.7 Å². The van der Waals surface area contributed by atoms with Crippen LogP contribution >= 0.6 is 15.9 Å². The summed E-state index contributed by atoms with van der Waals surface area (Å²) >= 11 is 3.29. The fraction of sp³-hybridized carbons (Fsp3) is 0.500. The Kier molecular flexibility index (Phi) is 5.35. The first kappa shape index (κ1) is 19.2. The molecular formula is C18H21BrF3N3O. The Morgan fingerprint density at radius 2 is 1.85 bits per heavy atom. The minimum Gasteiger partial charge on any atom is -0.337 e. The van der Waals surface area contributed by atoms with Crippen molar-refractivity contribution in [1.29, 1.82) is 0 Å². The molecule has 1 saturated heterocycles. The van der Waals surface area contributed by atoms with Crippen molar-refractivity contribution in [3.63, 3.8) is 0 Å². The maximum absolute atomic E-state index is 13.0. The average Bonchev–Trinajstić information content (AvgIpc) is 2.90. The minimum atomic E-state index is -4.35. The lowest BCUT2D eigenvalue weighted by atomic mass is 10.1. The molecule has 142 valence electrons. The van der Waals surface area contributed by atoms with Crippen LogP contribution in [0.15, 0.2) is 28.9 Å². The van der Waals surface area contributed by atoms with Gasteiger partial charge in [0.15, 0.2) is 0 Å². The van der Waals surface area contributed by atoms with E-state index in [4.69, 9.17) is 0 Å². The standard InChI is InChI=1S/C18H21BrF3N3O/c1-12(2)23-5-7-24(8-6-23)17(26)15-10-25(11-18(20,21)22)16-9-13(19)3-4-14(15)16/h3-4,9-10,12H,5-8,11H2,1-2H3. The smallest absolute Gasteiger partial charge is 0.337 e. The molecule has 1 amide bonds. The molecule has 0 radical (unpaired) electrons. The highest BCUT2D eigenvalue weighted by molar-refractivity contribution is 9.10. The first-order chi connectivity index (χ1) is 12.2. The molecule has 0 N–H and O–H groups in total. The number of alkyl halides is 3. The monoisotopic (exact) mass is 431 g/mol. The van der Waals surface area contributed by atoms with Crippen LogP contribution in [0, 0.1) is 0 Å². The number of carbonyl (C=O) groups is 1. The van der Waals surface area contributed by atoms with E-state index in [2.05, 4.69) is 34.7 Å². The number of hydrogen-bond donors (Lipinski definition) is 0. The molecule has 1 aliphatic heterocycles. The van der Waals surface area contributed by atoms with Gasteiger partial charge in [0.2, 0.25) is 0 Å². The molecule has 0 saturated carbocycles. The van der Waals surface area contributed by atoms with Crippen molar-refractivity contribution in [2.24, 2.45) is 0 Å². The second kappa shape index (κ2) is 7.23. The lowest BCUT2D eigenvalue weighted by Gasteiger charge is -2.36. The summed E-state index contributed by atoms with van der Waals surface area (Å²) in [6.07, 6.45) is -3.01. The second-order valence-corrected chi connectivity index (χ2v) is 7.78. The van der Waals surface area contributed by atoms with Gasteiger partial charge in [-0.05, 0) is 26.0 Å². The third-order valence-corrected chi connectivity index (χ3v) is 5.25. The zero-order chi connectivity index (χ0) is 19.1. The van der Waals surface area contributed by atoms with Crippen LogP contribution in [-0.2, 0) is 6.54 Å². The number of fused-ring (bicyclic) bond motifs is 1. The van der Waals surface area contributed by atoms with Crippen molar-refractivity contribution in [2.75, 3.05) is 26.2 Å². The van der Waals surface area contributed by atoms with Gasteiger partial charge in [-0.15, -0.1) is 0 Å². The quantitative estimate of drug-likeness (QED) is 0.730. The molecule has 2 aromatic rings. The number of halogens is 4. The van der Waals surface area contributed by atoms with Crippen molar-refractivity contribution in [3.05, 3.63) is 34.4 Å². The lowest BCUT2D eigenvalue weighted by molar-refractivity contribution is -0.139. The van der Waals surface area contributed by atoms with Crippen LogP contribution < -0.4 is 0 Å². The predicted molar refractivity (Wildman–Crippen MR) is 98.3 cm³/mol. The molecule has 3 rings (SSSR count). The molecular weight excluding hydrogens is 411 g/mol. The molecule has 0 atom stereocenters. The Morgan fingerprint density at radius 3 is 2.42 bits per heavy atom. The number of hydrogen-bond acceptors (Lipinski definition) is 2. The fourth-order valence-corrected chi connectivity index (χ4v) is 3.72. The van der Waals surface area contributed by atoms with E-state index in [0.717, 1.165) is 17.7 Å². The average molecular weight is 432 g/mol. The van der Waals surface area contributed by atoms with Crippen LogP contribution in [-0.4, -0.2) is 58.7 Å². The van der Waals surface area contributed by atoms with Crippen molar-refractivity contribution in [2.45, 2.75) is 32.6 Å². The molecule has 1 aromatic carbocycles. The van der Waals surface area contributed by atoms with Crippen LogP contribution in [0.25, 0.3) is 10.9 Å². The summed E-state index contributed by atoms with van der Waals surface area (Å²) in [4.78, 5) is 17.0. The first-order valence-electron chi connectivity index (χ1n) is 8.54. The number of benzene rings is 1. The van der Waals surface area contributed by atoms with Crippen LogP contribution in [0.2, 0.25) is 0 Å². The zero-order valence-corrected chi connectivity index (χ0v) is 16.3. The van der Waals surface area contributed by atoms with E-state index in [1.807, 2.05) is 0 Å². The van der Waals surface area contributed by atoms with E-state index in [1.54, 1.807) is 23.1 Å². The lowest BCUT2D eigenvalue weighted by Crippen LogP contribution is -2.50. The molecule has 0 unspecified atom stereocenters. The van der Waals surface area contributed by atoms with Crippen molar-refractivity contribution in [3.8, 4) is 0 Å². The first-order valence-corrected chi connectivity index (χ1v) is 9.33. The second-order valence-electron chi connectivity index (χ2n) is 6.87. The van der Waals surface area contributed by atoms with Crippen molar-refractivity contribution >= 4 is 32.7 Å². The van der Waals surface area contributed by atoms with E-state index >= 15 is 0 Å². The van der Waals surface area contributed by atoms with Gasteiger partial charge < -0.3 is 9.47 Å². The third kappa shape index (κ3) is 4.06. The molecule has 2 heterocycles. The summed E-state index contributed by atoms with van der Waals surface area (Å²) in [5, 5.41) is 0.550. The number of rotatable bonds is 3. The number of amides is 1. The van der Waals surface area contributed by atoms with Gasteiger partial charge in [-0.2, -0.15) is 13.2 Å². The Balaban J connectivity index is 1.91. The number of aromatic nitrogens is 1. The molecule has 0 aliphatic carbocycles. The highest BCUT2D eigenvalue weighted by Crippen LogP contribution is 2.29. The normalized spacial score (nSPS) is 16.7. The molecule has 4 nitrogen and oxygen atoms in total. The summed E-state index contributed by atoms with van der Waals surface area (Å²) in [5.41, 5.74) is 0.732. The highest BCUT2D eigenvalue weighted by atomic mass is 79.9. The van der Waals surface area contributed by atoms with E-state index in [0.29, 0.717) is 40.1 Å². The van der Waals surface area contributed by atoms with Gasteiger partial charge >= 0.3 is 6.18 Å². The number of nitrogens with zero attached hydrogens (tertiary/aromatic N) is 3. The van der Waals surface area contributed by atoms with Gasteiger partial charge in [-0.1, -0.05) is 22.0 Å². The Morgan fingerprint density at radius 1 is 1.19 bits per heavy atom. The van der Waals surface area contributed by atoms with E-state index in [-0.39, 0.29) is 5.91 Å². The third-order valence-electron chi connectivity index (χ3n) is 4.76. The van der Waals surface area contributed by atoms with Gasteiger partial charge in [0.25, 0.3) is 5.91 Å². The maximum Gasteiger partial charge on any atom is 0.406 e. The highest BCUT2D eigenvalue weighted by Gasteiger charge is 2.31. The maximum atomic E-state index is 13.0. The number of carbonyl (C=O) groups excluding carboxylic acids is 1. The summed E-state index contributed by atoms with van der Waals surface area (Å²) in [6, 6.07) is 5.48. The van der Waals surface area contributed by atoms with E-state index in [1.165, 1.54) is 6.20 Å². The largest absolute Gasteiger partial charge is 0.406 e. The van der Waals surface area contributed by atoms with Gasteiger partial charge in [0.1, 0.15) is 6.54 Å². The summed E-state index contributed by atoms with van der Waals surface area (Å²) < 4.78 is 40.5. The fourth-order valence-electron chi connectivity index (χ4n) is 3.37. The number of piperazine rings is 1.